The van der Waals surface area contributed by atoms with Gasteiger partial charge in [0.15, 0.2) is 0 Å². The van der Waals surface area contributed by atoms with E-state index in [0.29, 0.717) is 6.61 Å². The minimum absolute atomic E-state index is 0.0375. The third-order valence-electron chi connectivity index (χ3n) is 3.84. The molecule has 112 valence electrons. The summed E-state index contributed by atoms with van der Waals surface area (Å²) in [4.78, 5) is 0. The summed E-state index contributed by atoms with van der Waals surface area (Å²) in [5.74, 6) is 0.474. The van der Waals surface area contributed by atoms with Crippen molar-refractivity contribution in [1.82, 2.24) is 5.32 Å². The monoisotopic (exact) mass is 287 g/mol. The van der Waals surface area contributed by atoms with Crippen molar-refractivity contribution in [2.24, 2.45) is 0 Å². The lowest BCUT2D eigenvalue weighted by atomic mass is 10.1. The third kappa shape index (κ3) is 3.82. The second-order valence-electron chi connectivity index (χ2n) is 5.40. The van der Waals surface area contributed by atoms with Crippen molar-refractivity contribution in [2.75, 3.05) is 7.05 Å². The Labute approximate surface area is 126 Å². The molecular formula is C18H22FNO. The zero-order valence-corrected chi connectivity index (χ0v) is 13.0. The largest absolute Gasteiger partial charge is 0.489 e. The fraction of sp³-hybridized carbons (Fsp3) is 0.333. The van der Waals surface area contributed by atoms with Crippen LogP contribution in [0, 0.1) is 19.7 Å². The molecule has 0 saturated carbocycles. The first-order valence-corrected chi connectivity index (χ1v) is 7.17. The van der Waals surface area contributed by atoms with Crippen LogP contribution in [0.1, 0.15) is 35.2 Å². The van der Waals surface area contributed by atoms with Crippen LogP contribution in [-0.4, -0.2) is 7.05 Å². The van der Waals surface area contributed by atoms with Gasteiger partial charge in [0.1, 0.15) is 18.2 Å². The van der Waals surface area contributed by atoms with Crippen molar-refractivity contribution in [1.29, 1.82) is 0 Å². The van der Waals surface area contributed by atoms with E-state index in [2.05, 4.69) is 37.4 Å². The molecule has 0 bridgehead atoms. The first-order valence-electron chi connectivity index (χ1n) is 7.17. The summed E-state index contributed by atoms with van der Waals surface area (Å²) in [7, 11) is 1.85. The molecule has 2 aromatic carbocycles. The summed E-state index contributed by atoms with van der Waals surface area (Å²) in [6, 6.07) is 11.0. The Morgan fingerprint density at radius 3 is 2.52 bits per heavy atom. The van der Waals surface area contributed by atoms with Gasteiger partial charge in [0.2, 0.25) is 0 Å². The molecule has 21 heavy (non-hydrogen) atoms. The standard InChI is InChI=1S/C18H22FNO/c1-12-5-6-15(9-13(12)2)11-21-18-8-7-16(19)10-17(18)14(3)20-4/h5-10,14,20H,11H2,1-4H3. The van der Waals surface area contributed by atoms with E-state index in [1.807, 2.05) is 14.0 Å². The number of benzene rings is 2. The first-order chi connectivity index (χ1) is 10.0. The van der Waals surface area contributed by atoms with E-state index in [1.54, 1.807) is 6.07 Å². The molecule has 0 aliphatic carbocycles. The van der Waals surface area contributed by atoms with Crippen LogP contribution in [0.15, 0.2) is 36.4 Å². The van der Waals surface area contributed by atoms with Crippen LogP contribution >= 0.6 is 0 Å². The zero-order valence-electron chi connectivity index (χ0n) is 13.0. The predicted octanol–water partition coefficient (Wildman–Crippen LogP) is 4.30. The van der Waals surface area contributed by atoms with Crippen LogP contribution in [0.3, 0.4) is 0 Å². The minimum atomic E-state index is -0.245. The van der Waals surface area contributed by atoms with Gasteiger partial charge in [0.25, 0.3) is 0 Å². The van der Waals surface area contributed by atoms with E-state index in [0.717, 1.165) is 16.9 Å². The molecule has 0 spiro atoms. The van der Waals surface area contributed by atoms with Crippen molar-refractivity contribution in [3.05, 3.63) is 64.5 Å². The molecule has 0 aliphatic rings. The molecule has 3 heteroatoms. The van der Waals surface area contributed by atoms with Gasteiger partial charge in [0.05, 0.1) is 0 Å². The summed E-state index contributed by atoms with van der Waals surface area (Å²) in [6.07, 6.45) is 0. The van der Waals surface area contributed by atoms with Crippen molar-refractivity contribution in [2.45, 2.75) is 33.4 Å². The quantitative estimate of drug-likeness (QED) is 0.885. The topological polar surface area (TPSA) is 21.3 Å². The van der Waals surface area contributed by atoms with Crippen molar-refractivity contribution < 1.29 is 9.13 Å². The van der Waals surface area contributed by atoms with Crippen LogP contribution in [0.5, 0.6) is 5.75 Å². The molecule has 2 rings (SSSR count). The lowest BCUT2D eigenvalue weighted by Gasteiger charge is -2.17. The highest BCUT2D eigenvalue weighted by Gasteiger charge is 2.11. The molecule has 2 aromatic rings. The molecular weight excluding hydrogens is 265 g/mol. The maximum Gasteiger partial charge on any atom is 0.124 e. The number of halogens is 1. The van der Waals surface area contributed by atoms with Gasteiger partial charge in [-0.3, -0.25) is 0 Å². The number of hydrogen-bond acceptors (Lipinski definition) is 2. The highest BCUT2D eigenvalue weighted by atomic mass is 19.1. The van der Waals surface area contributed by atoms with Crippen molar-refractivity contribution >= 4 is 0 Å². The van der Waals surface area contributed by atoms with Crippen LogP contribution in [-0.2, 0) is 6.61 Å². The van der Waals surface area contributed by atoms with Crippen LogP contribution in [0.2, 0.25) is 0 Å². The van der Waals surface area contributed by atoms with Gasteiger partial charge in [-0.1, -0.05) is 18.2 Å². The molecule has 0 amide bonds. The van der Waals surface area contributed by atoms with E-state index in [4.69, 9.17) is 4.74 Å². The minimum Gasteiger partial charge on any atom is -0.489 e. The lowest BCUT2D eigenvalue weighted by molar-refractivity contribution is 0.299. The zero-order chi connectivity index (χ0) is 15.4. The SMILES string of the molecule is CNC(C)c1cc(F)ccc1OCc1ccc(C)c(C)c1. The first kappa shape index (κ1) is 15.5. The van der Waals surface area contributed by atoms with Crippen molar-refractivity contribution in [3.8, 4) is 5.75 Å². The Hall–Kier alpha value is -1.87. The number of rotatable bonds is 5. The lowest BCUT2D eigenvalue weighted by Crippen LogP contribution is -2.14. The molecule has 1 atom stereocenters. The van der Waals surface area contributed by atoms with Crippen LogP contribution < -0.4 is 10.1 Å². The molecule has 0 saturated heterocycles. The van der Waals surface area contributed by atoms with E-state index in [1.165, 1.54) is 23.3 Å². The Kier molecular flexibility index (Phi) is 4.97. The molecule has 2 nitrogen and oxygen atoms in total. The highest BCUT2D eigenvalue weighted by Crippen LogP contribution is 2.26. The number of nitrogens with one attached hydrogen (secondary N) is 1. The van der Waals surface area contributed by atoms with Gasteiger partial charge in [-0.2, -0.15) is 0 Å². The molecule has 0 aliphatic heterocycles. The average molecular weight is 287 g/mol. The maximum atomic E-state index is 13.4. The smallest absolute Gasteiger partial charge is 0.124 e. The molecule has 1 N–H and O–H groups in total. The van der Waals surface area contributed by atoms with Gasteiger partial charge in [-0.15, -0.1) is 0 Å². The fourth-order valence-corrected chi connectivity index (χ4v) is 2.20. The van der Waals surface area contributed by atoms with Crippen molar-refractivity contribution in [3.63, 3.8) is 0 Å². The third-order valence-corrected chi connectivity index (χ3v) is 3.84. The molecule has 1 unspecified atom stereocenters. The number of ether oxygens (including phenoxy) is 1. The summed E-state index contributed by atoms with van der Waals surface area (Å²) < 4.78 is 19.3. The highest BCUT2D eigenvalue weighted by molar-refractivity contribution is 5.37. The summed E-state index contributed by atoms with van der Waals surface area (Å²) in [5, 5.41) is 3.12. The Balaban J connectivity index is 2.17. The van der Waals surface area contributed by atoms with Gasteiger partial charge < -0.3 is 10.1 Å². The summed E-state index contributed by atoms with van der Waals surface area (Å²) >= 11 is 0. The second kappa shape index (κ2) is 6.72. The molecule has 0 fully saturated rings. The summed E-state index contributed by atoms with van der Waals surface area (Å²) in [6.45, 7) is 6.64. The Morgan fingerprint density at radius 2 is 1.86 bits per heavy atom. The predicted molar refractivity (Wildman–Crippen MR) is 84.1 cm³/mol. The Morgan fingerprint density at radius 1 is 1.10 bits per heavy atom. The molecule has 0 aromatic heterocycles. The maximum absolute atomic E-state index is 13.4. The second-order valence-corrected chi connectivity index (χ2v) is 5.40. The normalized spacial score (nSPS) is 12.2. The van der Waals surface area contributed by atoms with Gasteiger partial charge >= 0.3 is 0 Å². The van der Waals surface area contributed by atoms with E-state index < -0.39 is 0 Å². The molecule has 0 radical (unpaired) electrons. The van der Waals surface area contributed by atoms with Gasteiger partial charge in [-0.25, -0.2) is 4.39 Å². The van der Waals surface area contributed by atoms with Gasteiger partial charge in [0, 0.05) is 11.6 Å². The number of hydrogen-bond donors (Lipinski definition) is 1. The fourth-order valence-electron chi connectivity index (χ4n) is 2.20. The van der Waals surface area contributed by atoms with E-state index in [-0.39, 0.29) is 11.9 Å². The molecule has 0 heterocycles. The van der Waals surface area contributed by atoms with Gasteiger partial charge in [-0.05, 0) is 62.7 Å². The van der Waals surface area contributed by atoms with Crippen LogP contribution in [0.25, 0.3) is 0 Å². The number of aryl methyl sites for hydroxylation is 2. The summed E-state index contributed by atoms with van der Waals surface area (Å²) in [5.41, 5.74) is 4.47. The van der Waals surface area contributed by atoms with E-state index >= 15 is 0 Å². The Bertz CT molecular complexity index is 625. The average Bonchev–Trinajstić information content (AvgIpc) is 2.48. The van der Waals surface area contributed by atoms with E-state index in [9.17, 15) is 4.39 Å². The van der Waals surface area contributed by atoms with Crippen LogP contribution in [0.4, 0.5) is 4.39 Å².